The Morgan fingerprint density at radius 1 is 0.737 bits per heavy atom. The summed E-state index contributed by atoms with van der Waals surface area (Å²) in [5, 5.41) is 0. The molecule has 5 nitrogen and oxygen atoms in total. The number of hydrogen-bond donors (Lipinski definition) is 0. The van der Waals surface area contributed by atoms with Gasteiger partial charge in [0.1, 0.15) is 5.91 Å². The first-order valence-corrected chi connectivity index (χ1v) is 11.1. The highest BCUT2D eigenvalue weighted by molar-refractivity contribution is 6.71. The van der Waals surface area contributed by atoms with Crippen LogP contribution in [0.3, 0.4) is 0 Å². The van der Waals surface area contributed by atoms with E-state index >= 15 is 0 Å². The van der Waals surface area contributed by atoms with E-state index in [1.165, 1.54) is 0 Å². The van der Waals surface area contributed by atoms with Crippen molar-refractivity contribution in [3.63, 3.8) is 0 Å². The summed E-state index contributed by atoms with van der Waals surface area (Å²) < 4.78 is 28.7. The Kier molecular flexibility index (Phi) is 12.2. The monoisotopic (exact) mass is 310 g/mol. The Morgan fingerprint density at radius 3 is 1.47 bits per heavy atom. The molecule has 0 radical (unpaired) electrons. The summed E-state index contributed by atoms with van der Waals surface area (Å²) in [6.07, 6.45) is 0. The van der Waals surface area contributed by atoms with Gasteiger partial charge in [0.25, 0.3) is 0 Å². The SMILES string of the molecule is CCOC(OCC)[SiH2]C[Si](OCC)(OCC)OCC. The molecule has 0 amide bonds. The van der Waals surface area contributed by atoms with Crippen LogP contribution in [0.1, 0.15) is 34.6 Å². The predicted octanol–water partition coefficient (Wildman–Crippen LogP) is 1.52. The fourth-order valence-corrected chi connectivity index (χ4v) is 8.35. The molecule has 116 valence electrons. The van der Waals surface area contributed by atoms with E-state index in [-0.39, 0.29) is 5.91 Å². The molecule has 0 saturated heterocycles. The maximum Gasteiger partial charge on any atom is 0.497 e. The molecule has 0 aromatic rings. The van der Waals surface area contributed by atoms with Crippen LogP contribution in [0.4, 0.5) is 0 Å². The van der Waals surface area contributed by atoms with Crippen LogP contribution in [-0.4, -0.2) is 57.3 Å². The summed E-state index contributed by atoms with van der Waals surface area (Å²) in [6, 6.07) is 0. The molecule has 0 atom stereocenters. The maximum absolute atomic E-state index is 5.84. The lowest BCUT2D eigenvalue weighted by Gasteiger charge is -2.29. The van der Waals surface area contributed by atoms with E-state index in [1.807, 2.05) is 34.6 Å². The minimum absolute atomic E-state index is 0.0664. The van der Waals surface area contributed by atoms with Gasteiger partial charge in [-0.3, -0.25) is 0 Å². The van der Waals surface area contributed by atoms with Gasteiger partial charge in [-0.2, -0.15) is 0 Å². The van der Waals surface area contributed by atoms with Crippen LogP contribution in [0.5, 0.6) is 0 Å². The van der Waals surface area contributed by atoms with Gasteiger partial charge < -0.3 is 22.8 Å². The zero-order chi connectivity index (χ0) is 14.6. The van der Waals surface area contributed by atoms with Crippen LogP contribution in [0, 0.1) is 0 Å². The summed E-state index contributed by atoms with van der Waals surface area (Å²) in [5.41, 5.74) is 0.854. The van der Waals surface area contributed by atoms with E-state index in [2.05, 4.69) is 0 Å². The van der Waals surface area contributed by atoms with Crippen molar-refractivity contribution in [3.8, 4) is 0 Å². The van der Waals surface area contributed by atoms with Crippen LogP contribution in [0.2, 0.25) is 5.67 Å². The molecule has 0 aliphatic rings. The lowest BCUT2D eigenvalue weighted by Crippen LogP contribution is -2.48. The summed E-state index contributed by atoms with van der Waals surface area (Å²) in [6.45, 7) is 13.1. The summed E-state index contributed by atoms with van der Waals surface area (Å²) in [5.74, 6) is -0.0664. The summed E-state index contributed by atoms with van der Waals surface area (Å²) in [7, 11) is -3.13. The smallest absolute Gasteiger partial charge is 0.374 e. The molecule has 0 aliphatic heterocycles. The molecule has 0 unspecified atom stereocenters. The van der Waals surface area contributed by atoms with E-state index in [9.17, 15) is 0 Å². The minimum atomic E-state index is -2.51. The average molecular weight is 311 g/mol. The third-order valence-electron chi connectivity index (χ3n) is 2.48. The predicted molar refractivity (Wildman–Crippen MR) is 81.0 cm³/mol. The highest BCUT2D eigenvalue weighted by atomic mass is 28.4. The fraction of sp³-hybridized carbons (Fsp3) is 1.00. The highest BCUT2D eigenvalue weighted by Crippen LogP contribution is 2.16. The molecule has 0 heterocycles. The van der Waals surface area contributed by atoms with E-state index in [0.717, 1.165) is 5.67 Å². The molecule has 0 aromatic heterocycles. The van der Waals surface area contributed by atoms with Crippen molar-refractivity contribution >= 4 is 18.3 Å². The van der Waals surface area contributed by atoms with Crippen molar-refractivity contribution < 1.29 is 22.8 Å². The summed E-state index contributed by atoms with van der Waals surface area (Å²) >= 11 is 0. The van der Waals surface area contributed by atoms with Crippen molar-refractivity contribution in [1.82, 2.24) is 0 Å². The molecule has 0 N–H and O–H groups in total. The van der Waals surface area contributed by atoms with Crippen LogP contribution in [0.25, 0.3) is 0 Å². The molecule has 19 heavy (non-hydrogen) atoms. The minimum Gasteiger partial charge on any atom is -0.374 e. The number of hydrogen-bond acceptors (Lipinski definition) is 5. The number of ether oxygens (including phenoxy) is 2. The first-order chi connectivity index (χ1) is 9.17. The second-order valence-corrected chi connectivity index (χ2v) is 9.34. The molecule has 0 spiro atoms. The van der Waals surface area contributed by atoms with Crippen molar-refractivity contribution in [2.75, 3.05) is 33.0 Å². The third kappa shape index (κ3) is 8.18. The van der Waals surface area contributed by atoms with Gasteiger partial charge in [-0.25, -0.2) is 0 Å². The zero-order valence-corrected chi connectivity index (χ0v) is 15.5. The normalized spacial score (nSPS) is 12.9. The van der Waals surface area contributed by atoms with E-state index < -0.39 is 18.3 Å². The molecule has 0 rings (SSSR count). The Hall–Kier alpha value is 0.234. The van der Waals surface area contributed by atoms with Crippen molar-refractivity contribution in [1.29, 1.82) is 0 Å². The average Bonchev–Trinajstić information content (AvgIpc) is 2.37. The van der Waals surface area contributed by atoms with Crippen molar-refractivity contribution in [2.24, 2.45) is 0 Å². The summed E-state index contributed by atoms with van der Waals surface area (Å²) in [4.78, 5) is 0. The lowest BCUT2D eigenvalue weighted by atomic mass is 10.9. The lowest BCUT2D eigenvalue weighted by molar-refractivity contribution is -0.0829. The van der Waals surface area contributed by atoms with Crippen LogP contribution >= 0.6 is 0 Å². The first kappa shape index (κ1) is 19.2. The molecule has 0 bridgehead atoms. The zero-order valence-electron chi connectivity index (χ0n) is 13.1. The van der Waals surface area contributed by atoms with Gasteiger partial charge in [0.2, 0.25) is 0 Å². The van der Waals surface area contributed by atoms with Gasteiger partial charge >= 0.3 is 8.80 Å². The Morgan fingerprint density at radius 2 is 1.16 bits per heavy atom. The molecule has 0 aliphatic carbocycles. The fourth-order valence-electron chi connectivity index (χ4n) is 1.88. The maximum atomic E-state index is 5.84. The second kappa shape index (κ2) is 12.0. The van der Waals surface area contributed by atoms with Gasteiger partial charge in [0.15, 0.2) is 0 Å². The Bertz CT molecular complexity index is 184. The Labute approximate surface area is 121 Å². The molecular weight excluding hydrogens is 280 g/mol. The molecule has 0 aromatic carbocycles. The van der Waals surface area contributed by atoms with Gasteiger partial charge in [-0.05, 0) is 34.6 Å². The van der Waals surface area contributed by atoms with E-state index in [0.29, 0.717) is 33.0 Å². The van der Waals surface area contributed by atoms with E-state index in [1.54, 1.807) is 0 Å². The molecule has 0 saturated carbocycles. The van der Waals surface area contributed by atoms with Gasteiger partial charge in [0.05, 0.1) is 9.52 Å². The van der Waals surface area contributed by atoms with Crippen LogP contribution < -0.4 is 0 Å². The van der Waals surface area contributed by atoms with Crippen molar-refractivity contribution in [2.45, 2.75) is 46.2 Å². The van der Waals surface area contributed by atoms with Gasteiger partial charge in [-0.15, -0.1) is 0 Å². The molecule has 7 heteroatoms. The topological polar surface area (TPSA) is 46.2 Å². The third-order valence-corrected chi connectivity index (χ3v) is 9.22. The van der Waals surface area contributed by atoms with Crippen LogP contribution in [0.15, 0.2) is 0 Å². The largest absolute Gasteiger partial charge is 0.497 e. The standard InChI is InChI=1S/C12H30O5Si2/c1-6-13-12(14-7-2)18-11-19(15-8-3,16-9-4)17-10-5/h12H,6-11,18H2,1-5H3. The quantitative estimate of drug-likeness (QED) is 0.381. The van der Waals surface area contributed by atoms with Crippen molar-refractivity contribution in [3.05, 3.63) is 0 Å². The van der Waals surface area contributed by atoms with Gasteiger partial charge in [-0.1, -0.05) is 0 Å². The first-order valence-electron chi connectivity index (χ1n) is 7.32. The van der Waals surface area contributed by atoms with Gasteiger partial charge in [0, 0.05) is 38.7 Å². The Balaban J connectivity index is 4.49. The second-order valence-electron chi connectivity index (χ2n) is 3.86. The highest BCUT2D eigenvalue weighted by Gasteiger charge is 2.40. The van der Waals surface area contributed by atoms with E-state index in [4.69, 9.17) is 22.8 Å². The molecular formula is C12H30O5Si2. The van der Waals surface area contributed by atoms with Crippen LogP contribution in [-0.2, 0) is 22.8 Å². The number of rotatable bonds is 13. The molecule has 0 fully saturated rings.